The number of pyridine rings is 1. The second kappa shape index (κ2) is 4.48. The Morgan fingerprint density at radius 2 is 2.05 bits per heavy atom. The summed E-state index contributed by atoms with van der Waals surface area (Å²) < 4.78 is 0. The Labute approximate surface area is 111 Å². The number of imidazole rings is 1. The fourth-order valence-corrected chi connectivity index (χ4v) is 2.28. The topological polar surface area (TPSA) is 67.6 Å². The van der Waals surface area contributed by atoms with Crippen molar-refractivity contribution in [2.75, 3.05) is 0 Å². The number of nitrogens with two attached hydrogens (primary N) is 1. The molecule has 4 nitrogen and oxygen atoms in total. The zero-order valence-corrected chi connectivity index (χ0v) is 11.1. The highest BCUT2D eigenvalue weighted by Gasteiger charge is 2.08. The molecule has 1 aromatic carbocycles. The van der Waals surface area contributed by atoms with Crippen molar-refractivity contribution in [1.29, 1.82) is 0 Å². The van der Waals surface area contributed by atoms with Gasteiger partial charge in [-0.2, -0.15) is 0 Å². The second-order valence-corrected chi connectivity index (χ2v) is 4.82. The lowest BCUT2D eigenvalue weighted by molar-refractivity contribution is 1.05. The normalized spacial score (nSPS) is 11.1. The van der Waals surface area contributed by atoms with Gasteiger partial charge < -0.3 is 10.7 Å². The highest BCUT2D eigenvalue weighted by atomic mass is 14.9. The Hall–Kier alpha value is -2.20. The van der Waals surface area contributed by atoms with Crippen LogP contribution >= 0.6 is 0 Å². The van der Waals surface area contributed by atoms with Crippen molar-refractivity contribution in [3.05, 3.63) is 47.2 Å². The van der Waals surface area contributed by atoms with Crippen LogP contribution in [-0.4, -0.2) is 15.0 Å². The molecule has 0 atom stereocenters. The summed E-state index contributed by atoms with van der Waals surface area (Å²) in [4.78, 5) is 12.3. The Morgan fingerprint density at radius 3 is 2.74 bits per heavy atom. The van der Waals surface area contributed by atoms with E-state index in [-0.39, 0.29) is 0 Å². The number of rotatable bonds is 2. The zero-order valence-electron chi connectivity index (χ0n) is 11.1. The van der Waals surface area contributed by atoms with Crippen LogP contribution in [-0.2, 0) is 6.54 Å². The Balaban J connectivity index is 2.12. The lowest BCUT2D eigenvalue weighted by Crippen LogP contribution is -1.97. The third kappa shape index (κ3) is 2.11. The molecule has 0 unspecified atom stereocenters. The Bertz CT molecular complexity index is 726. The summed E-state index contributed by atoms with van der Waals surface area (Å²) in [7, 11) is 0. The van der Waals surface area contributed by atoms with E-state index in [9.17, 15) is 0 Å². The van der Waals surface area contributed by atoms with Crippen molar-refractivity contribution in [2.24, 2.45) is 5.73 Å². The fourth-order valence-electron chi connectivity index (χ4n) is 2.28. The number of aryl methyl sites for hydroxylation is 2. The minimum absolute atomic E-state index is 0.506. The molecule has 96 valence electrons. The van der Waals surface area contributed by atoms with Crippen molar-refractivity contribution >= 4 is 11.0 Å². The first-order valence-electron chi connectivity index (χ1n) is 6.29. The molecule has 2 heterocycles. The van der Waals surface area contributed by atoms with Crippen LogP contribution in [0.25, 0.3) is 22.6 Å². The van der Waals surface area contributed by atoms with Gasteiger partial charge in [-0.15, -0.1) is 0 Å². The Kier molecular flexibility index (Phi) is 2.80. The van der Waals surface area contributed by atoms with Gasteiger partial charge in [-0.05, 0) is 42.7 Å². The van der Waals surface area contributed by atoms with Gasteiger partial charge in [0.15, 0.2) is 5.82 Å². The van der Waals surface area contributed by atoms with Gasteiger partial charge in [0.05, 0.1) is 11.0 Å². The molecule has 0 amide bonds. The van der Waals surface area contributed by atoms with Crippen molar-refractivity contribution in [3.63, 3.8) is 0 Å². The number of aromatic nitrogens is 3. The molecule has 3 aromatic rings. The van der Waals surface area contributed by atoms with Crippen molar-refractivity contribution in [3.8, 4) is 11.5 Å². The lowest BCUT2D eigenvalue weighted by Gasteiger charge is -1.97. The average molecular weight is 252 g/mol. The maximum atomic E-state index is 5.57. The van der Waals surface area contributed by atoms with E-state index in [0.29, 0.717) is 6.54 Å². The van der Waals surface area contributed by atoms with E-state index in [1.165, 1.54) is 11.1 Å². The number of benzene rings is 1. The molecule has 0 spiro atoms. The summed E-state index contributed by atoms with van der Waals surface area (Å²) in [6, 6.07) is 8.17. The van der Waals surface area contributed by atoms with Gasteiger partial charge in [-0.25, -0.2) is 4.98 Å². The van der Waals surface area contributed by atoms with E-state index in [1.54, 1.807) is 6.20 Å². The Morgan fingerprint density at radius 1 is 1.21 bits per heavy atom. The van der Waals surface area contributed by atoms with Gasteiger partial charge in [-0.1, -0.05) is 12.1 Å². The highest BCUT2D eigenvalue weighted by Crippen LogP contribution is 2.22. The number of nitrogens with one attached hydrogen (secondary N) is 1. The molecular formula is C15H16N4. The van der Waals surface area contributed by atoms with Crippen LogP contribution in [0.1, 0.15) is 16.7 Å². The lowest BCUT2D eigenvalue weighted by atomic mass is 10.1. The molecule has 0 aliphatic heterocycles. The van der Waals surface area contributed by atoms with E-state index < -0.39 is 0 Å². The fraction of sp³-hybridized carbons (Fsp3) is 0.200. The van der Waals surface area contributed by atoms with Gasteiger partial charge in [0.2, 0.25) is 0 Å². The van der Waals surface area contributed by atoms with E-state index in [4.69, 9.17) is 5.73 Å². The number of nitrogens with zero attached hydrogens (tertiary/aromatic N) is 2. The molecule has 4 heteroatoms. The SMILES string of the molecule is Cc1cc(C)c2nc(-c3ccc(CN)cn3)[nH]c2c1. The molecule has 0 bridgehead atoms. The van der Waals surface area contributed by atoms with E-state index in [0.717, 1.165) is 28.1 Å². The van der Waals surface area contributed by atoms with E-state index >= 15 is 0 Å². The standard InChI is InChI=1S/C15H16N4/c1-9-5-10(2)14-13(6-9)18-15(19-14)12-4-3-11(7-16)8-17-12/h3-6,8H,7,16H2,1-2H3,(H,18,19). The molecular weight excluding hydrogens is 236 g/mol. The molecule has 0 fully saturated rings. The number of H-pyrrole nitrogens is 1. The first-order valence-corrected chi connectivity index (χ1v) is 6.29. The van der Waals surface area contributed by atoms with Crippen LogP contribution in [0.2, 0.25) is 0 Å². The molecule has 19 heavy (non-hydrogen) atoms. The molecule has 0 aliphatic carbocycles. The van der Waals surface area contributed by atoms with E-state index in [1.807, 2.05) is 12.1 Å². The smallest absolute Gasteiger partial charge is 0.157 e. The highest BCUT2D eigenvalue weighted by molar-refractivity contribution is 5.82. The van der Waals surface area contributed by atoms with Crippen molar-refractivity contribution in [1.82, 2.24) is 15.0 Å². The van der Waals surface area contributed by atoms with Gasteiger partial charge in [0, 0.05) is 12.7 Å². The predicted molar refractivity (Wildman–Crippen MR) is 76.7 cm³/mol. The largest absolute Gasteiger partial charge is 0.337 e. The third-order valence-corrected chi connectivity index (χ3v) is 3.22. The number of hydrogen-bond donors (Lipinski definition) is 2. The quantitative estimate of drug-likeness (QED) is 0.736. The maximum Gasteiger partial charge on any atom is 0.157 e. The van der Waals surface area contributed by atoms with Gasteiger partial charge in [0.1, 0.15) is 5.69 Å². The molecule has 3 rings (SSSR count). The molecule has 0 radical (unpaired) electrons. The van der Waals surface area contributed by atoms with Crippen LogP contribution < -0.4 is 5.73 Å². The predicted octanol–water partition coefficient (Wildman–Crippen LogP) is 2.70. The van der Waals surface area contributed by atoms with Crippen LogP contribution in [0.3, 0.4) is 0 Å². The van der Waals surface area contributed by atoms with Crippen LogP contribution in [0.15, 0.2) is 30.5 Å². The number of hydrogen-bond acceptors (Lipinski definition) is 3. The second-order valence-electron chi connectivity index (χ2n) is 4.82. The van der Waals surface area contributed by atoms with Crippen molar-refractivity contribution < 1.29 is 0 Å². The van der Waals surface area contributed by atoms with Crippen LogP contribution in [0, 0.1) is 13.8 Å². The van der Waals surface area contributed by atoms with Gasteiger partial charge in [0.25, 0.3) is 0 Å². The van der Waals surface area contributed by atoms with Crippen LogP contribution in [0.4, 0.5) is 0 Å². The molecule has 0 aliphatic rings. The van der Waals surface area contributed by atoms with Crippen molar-refractivity contribution in [2.45, 2.75) is 20.4 Å². The molecule has 0 saturated carbocycles. The number of aromatic amines is 1. The van der Waals surface area contributed by atoms with Crippen LogP contribution in [0.5, 0.6) is 0 Å². The first-order chi connectivity index (χ1) is 9.17. The minimum Gasteiger partial charge on any atom is -0.337 e. The minimum atomic E-state index is 0.506. The molecule has 2 aromatic heterocycles. The molecule has 0 saturated heterocycles. The number of fused-ring (bicyclic) bond motifs is 1. The monoisotopic (exact) mass is 252 g/mol. The summed E-state index contributed by atoms with van der Waals surface area (Å²) in [5.74, 6) is 0.798. The summed E-state index contributed by atoms with van der Waals surface area (Å²) in [6.45, 7) is 4.66. The zero-order chi connectivity index (χ0) is 13.4. The average Bonchev–Trinajstić information content (AvgIpc) is 2.83. The summed E-state index contributed by atoms with van der Waals surface area (Å²) in [6.07, 6.45) is 1.79. The molecule has 3 N–H and O–H groups in total. The summed E-state index contributed by atoms with van der Waals surface area (Å²) >= 11 is 0. The van der Waals surface area contributed by atoms with Gasteiger partial charge in [-0.3, -0.25) is 4.98 Å². The summed E-state index contributed by atoms with van der Waals surface area (Å²) in [5.41, 5.74) is 11.9. The van der Waals surface area contributed by atoms with Gasteiger partial charge >= 0.3 is 0 Å². The maximum absolute atomic E-state index is 5.57. The summed E-state index contributed by atoms with van der Waals surface area (Å²) in [5, 5.41) is 0. The first kappa shape index (κ1) is 11.9. The third-order valence-electron chi connectivity index (χ3n) is 3.22. The van der Waals surface area contributed by atoms with E-state index in [2.05, 4.69) is 40.9 Å².